The molecule has 0 aliphatic heterocycles. The number of aryl methyl sites for hydroxylation is 1. The maximum atomic E-state index is 12.6. The molecule has 2 heterocycles. The van der Waals surface area contributed by atoms with E-state index in [9.17, 15) is 4.79 Å². The van der Waals surface area contributed by atoms with Crippen molar-refractivity contribution in [2.24, 2.45) is 0 Å². The Morgan fingerprint density at radius 3 is 2.83 bits per heavy atom. The minimum atomic E-state index is -0.392. The van der Waals surface area contributed by atoms with Gasteiger partial charge >= 0.3 is 0 Å². The van der Waals surface area contributed by atoms with E-state index in [1.807, 2.05) is 37.3 Å². The lowest BCUT2D eigenvalue weighted by molar-refractivity contribution is 0.102. The fourth-order valence-electron chi connectivity index (χ4n) is 2.72. The molecule has 118 valence electrons. The van der Waals surface area contributed by atoms with E-state index < -0.39 is 5.91 Å². The van der Waals surface area contributed by atoms with Crippen LogP contribution in [-0.4, -0.2) is 26.3 Å². The number of nitrogens with zero attached hydrogens (tertiary/aromatic N) is 3. The second-order valence-corrected chi connectivity index (χ2v) is 5.50. The summed E-state index contributed by atoms with van der Waals surface area (Å²) in [6.45, 7) is 1.92. The minimum absolute atomic E-state index is 0.111. The summed E-state index contributed by atoms with van der Waals surface area (Å²) in [5, 5.41) is 19.5. The molecule has 0 spiro atoms. The maximum Gasteiger partial charge on any atom is 0.278 e. The lowest BCUT2D eigenvalue weighted by Gasteiger charge is -2.10. The smallest absolute Gasteiger partial charge is 0.278 e. The first-order chi connectivity index (χ1) is 11.6. The third kappa shape index (κ3) is 2.14. The topological polar surface area (TPSA) is 110 Å². The summed E-state index contributed by atoms with van der Waals surface area (Å²) in [5.74, 6) is -0.392. The van der Waals surface area contributed by atoms with Gasteiger partial charge in [0.15, 0.2) is 5.69 Å². The highest BCUT2D eigenvalue weighted by atomic mass is 16.1. The molecule has 2 aromatic heterocycles. The first kappa shape index (κ1) is 14.1. The number of carbonyl (C=O) groups excluding carboxylic acids is 1. The molecule has 1 amide bonds. The highest BCUT2D eigenvalue weighted by Gasteiger charge is 2.17. The van der Waals surface area contributed by atoms with Crippen molar-refractivity contribution in [2.45, 2.75) is 6.92 Å². The Labute approximate surface area is 136 Å². The monoisotopic (exact) mass is 318 g/mol. The quantitative estimate of drug-likeness (QED) is 0.526. The molecule has 24 heavy (non-hydrogen) atoms. The van der Waals surface area contributed by atoms with Gasteiger partial charge in [-0.25, -0.2) is 0 Å². The molecule has 4 aromatic rings. The zero-order valence-electron chi connectivity index (χ0n) is 12.9. The fourth-order valence-corrected chi connectivity index (χ4v) is 2.72. The molecule has 0 fully saturated rings. The van der Waals surface area contributed by atoms with Gasteiger partial charge in [0.05, 0.1) is 22.9 Å². The molecule has 0 aliphatic rings. The summed E-state index contributed by atoms with van der Waals surface area (Å²) < 4.78 is 0. The van der Waals surface area contributed by atoms with Gasteiger partial charge in [-0.15, -0.1) is 10.2 Å². The average molecular weight is 318 g/mol. The normalized spacial score (nSPS) is 11.0. The van der Waals surface area contributed by atoms with Crippen molar-refractivity contribution in [3.8, 4) is 0 Å². The maximum absolute atomic E-state index is 12.6. The second kappa shape index (κ2) is 5.31. The van der Waals surface area contributed by atoms with E-state index in [4.69, 9.17) is 5.73 Å². The van der Waals surface area contributed by atoms with Gasteiger partial charge in [0.2, 0.25) is 0 Å². The van der Waals surface area contributed by atoms with Gasteiger partial charge in [0.25, 0.3) is 5.91 Å². The molecule has 0 aliphatic carbocycles. The van der Waals surface area contributed by atoms with E-state index in [1.165, 1.54) is 0 Å². The molecule has 0 radical (unpaired) electrons. The lowest BCUT2D eigenvalue weighted by Crippen LogP contribution is -2.17. The minimum Gasteiger partial charge on any atom is -0.396 e. The number of H-pyrrole nitrogens is 1. The summed E-state index contributed by atoms with van der Waals surface area (Å²) in [6, 6.07) is 11.0. The van der Waals surface area contributed by atoms with Gasteiger partial charge in [-0.1, -0.05) is 18.2 Å². The summed E-state index contributed by atoms with van der Waals surface area (Å²) in [4.78, 5) is 12.6. The predicted molar refractivity (Wildman–Crippen MR) is 92.7 cm³/mol. The summed E-state index contributed by atoms with van der Waals surface area (Å²) in [7, 11) is 0. The Balaban J connectivity index is 1.73. The molecule has 7 heteroatoms. The van der Waals surface area contributed by atoms with Crippen molar-refractivity contribution in [3.63, 3.8) is 0 Å². The van der Waals surface area contributed by atoms with Crippen LogP contribution in [0.4, 0.5) is 11.4 Å². The number of hydrogen-bond donors (Lipinski definition) is 3. The number of nitrogen functional groups attached to an aromatic ring is 1. The lowest BCUT2D eigenvalue weighted by atomic mass is 10.1. The van der Waals surface area contributed by atoms with Crippen LogP contribution in [0.2, 0.25) is 0 Å². The van der Waals surface area contributed by atoms with Crippen LogP contribution in [0.1, 0.15) is 16.1 Å². The molecule has 7 nitrogen and oxygen atoms in total. The number of nitrogens with one attached hydrogen (secondary N) is 2. The van der Waals surface area contributed by atoms with Gasteiger partial charge in [-0.2, -0.15) is 5.10 Å². The number of aromatic amines is 1. The van der Waals surface area contributed by atoms with Crippen molar-refractivity contribution in [1.82, 2.24) is 20.4 Å². The van der Waals surface area contributed by atoms with Crippen LogP contribution >= 0.6 is 0 Å². The largest absolute Gasteiger partial charge is 0.396 e. The number of nitrogens with two attached hydrogens (primary N) is 1. The van der Waals surface area contributed by atoms with Crippen LogP contribution in [0, 0.1) is 6.92 Å². The van der Waals surface area contributed by atoms with Crippen LogP contribution in [0.15, 0.2) is 42.6 Å². The van der Waals surface area contributed by atoms with Gasteiger partial charge in [0, 0.05) is 16.5 Å². The first-order valence-corrected chi connectivity index (χ1v) is 7.40. The molecule has 0 saturated heterocycles. The van der Waals surface area contributed by atoms with Crippen LogP contribution in [0.5, 0.6) is 0 Å². The highest BCUT2D eigenvalue weighted by Crippen LogP contribution is 2.26. The van der Waals surface area contributed by atoms with E-state index in [0.29, 0.717) is 22.3 Å². The van der Waals surface area contributed by atoms with E-state index in [0.717, 1.165) is 16.5 Å². The van der Waals surface area contributed by atoms with Crippen LogP contribution in [0.3, 0.4) is 0 Å². The number of rotatable bonds is 2. The Bertz CT molecular complexity index is 1090. The molecule has 2 aromatic carbocycles. The van der Waals surface area contributed by atoms with E-state index >= 15 is 0 Å². The highest BCUT2D eigenvalue weighted by molar-refractivity contribution is 6.11. The Hall–Kier alpha value is -3.48. The van der Waals surface area contributed by atoms with Crippen molar-refractivity contribution < 1.29 is 4.79 Å². The molecule has 0 saturated carbocycles. The molecule has 0 unspecified atom stereocenters. The molecule has 0 atom stereocenters. The Morgan fingerprint density at radius 1 is 1.12 bits per heavy atom. The van der Waals surface area contributed by atoms with Gasteiger partial charge in [-0.05, 0) is 30.7 Å². The standard InChI is InChI=1S/C17H14N6O/c1-9-11-8-19-21-14(11)7-6-12(9)20-17(24)16-15(18)10-4-2-3-5-13(10)22-23-16/h2-8H,1H3,(H2,18,22)(H,19,21)(H,20,24). The Kier molecular flexibility index (Phi) is 3.13. The fraction of sp³-hybridized carbons (Fsp3) is 0.0588. The van der Waals surface area contributed by atoms with Gasteiger partial charge in [0.1, 0.15) is 0 Å². The number of amides is 1. The van der Waals surface area contributed by atoms with E-state index in [2.05, 4.69) is 25.7 Å². The number of benzene rings is 2. The molecular formula is C17H14N6O. The molecule has 0 bridgehead atoms. The van der Waals surface area contributed by atoms with Crippen LogP contribution in [0.25, 0.3) is 21.8 Å². The number of aromatic nitrogens is 4. The summed E-state index contributed by atoms with van der Waals surface area (Å²) in [5.41, 5.74) is 9.71. The third-order valence-electron chi connectivity index (χ3n) is 4.06. The Morgan fingerprint density at radius 2 is 1.96 bits per heavy atom. The van der Waals surface area contributed by atoms with Crippen molar-refractivity contribution >= 4 is 39.1 Å². The predicted octanol–water partition coefficient (Wildman–Crippen LogP) is 2.65. The molecular weight excluding hydrogens is 304 g/mol. The number of carbonyl (C=O) groups is 1. The second-order valence-electron chi connectivity index (χ2n) is 5.50. The van der Waals surface area contributed by atoms with Crippen molar-refractivity contribution in [1.29, 1.82) is 0 Å². The van der Waals surface area contributed by atoms with E-state index in [1.54, 1.807) is 12.3 Å². The van der Waals surface area contributed by atoms with Crippen molar-refractivity contribution in [2.75, 3.05) is 11.1 Å². The SMILES string of the molecule is Cc1c(NC(=O)c2nnc3ccccc3c2N)ccc2[nH]ncc12. The van der Waals surface area contributed by atoms with Gasteiger partial charge in [-0.3, -0.25) is 9.89 Å². The van der Waals surface area contributed by atoms with E-state index in [-0.39, 0.29) is 5.69 Å². The van der Waals surface area contributed by atoms with Gasteiger partial charge < -0.3 is 11.1 Å². The van der Waals surface area contributed by atoms with Crippen LogP contribution < -0.4 is 11.1 Å². The van der Waals surface area contributed by atoms with Crippen LogP contribution in [-0.2, 0) is 0 Å². The third-order valence-corrected chi connectivity index (χ3v) is 4.06. The zero-order chi connectivity index (χ0) is 16.7. The summed E-state index contributed by atoms with van der Waals surface area (Å²) in [6.07, 6.45) is 1.73. The van der Waals surface area contributed by atoms with Crippen molar-refractivity contribution in [3.05, 3.63) is 53.9 Å². The summed E-state index contributed by atoms with van der Waals surface area (Å²) >= 11 is 0. The molecule has 4 N–H and O–H groups in total. The zero-order valence-corrected chi connectivity index (χ0v) is 12.9. The number of fused-ring (bicyclic) bond motifs is 2. The number of anilines is 2. The molecule has 4 rings (SSSR count). The number of hydrogen-bond acceptors (Lipinski definition) is 5. The average Bonchev–Trinajstić information content (AvgIpc) is 3.07. The first-order valence-electron chi connectivity index (χ1n) is 7.40.